The summed E-state index contributed by atoms with van der Waals surface area (Å²) in [5, 5.41) is 1.91. The van der Waals surface area contributed by atoms with Gasteiger partial charge in [0.05, 0.1) is 18.7 Å². The van der Waals surface area contributed by atoms with Crippen LogP contribution in [-0.4, -0.2) is 43.8 Å². The number of thiophene rings is 1. The van der Waals surface area contributed by atoms with E-state index in [1.807, 2.05) is 18.2 Å². The number of ether oxygens (including phenoxy) is 2. The molecule has 1 atom stereocenters. The second-order valence-electron chi connectivity index (χ2n) is 4.95. The van der Waals surface area contributed by atoms with Gasteiger partial charge in [-0.15, -0.1) is 11.3 Å². The maximum atomic E-state index is 11.6. The van der Waals surface area contributed by atoms with Crippen molar-refractivity contribution in [2.75, 3.05) is 26.8 Å². The van der Waals surface area contributed by atoms with Crippen molar-refractivity contribution in [1.82, 2.24) is 4.90 Å². The molecule has 0 spiro atoms. The molecule has 0 saturated carbocycles. The van der Waals surface area contributed by atoms with Crippen LogP contribution in [0.5, 0.6) is 0 Å². The molecule has 0 aliphatic carbocycles. The number of nitrogens with zero attached hydrogens (tertiary/aromatic N) is 1. The highest BCUT2D eigenvalue weighted by atomic mass is 35.5. The van der Waals surface area contributed by atoms with Crippen molar-refractivity contribution in [1.29, 1.82) is 0 Å². The number of hydrogen-bond donors (Lipinski definition) is 0. The average molecular weight is 326 g/mol. The van der Waals surface area contributed by atoms with Gasteiger partial charge in [-0.25, -0.2) is 4.79 Å². The molecular formula is C15H16ClNO3S. The van der Waals surface area contributed by atoms with E-state index >= 15 is 0 Å². The maximum Gasteiger partial charge on any atom is 0.336 e. The zero-order chi connectivity index (χ0) is 14.8. The summed E-state index contributed by atoms with van der Waals surface area (Å²) in [5.41, 5.74) is 0. The molecule has 3 rings (SSSR count). The lowest BCUT2D eigenvalue weighted by atomic mass is 10.2. The number of carbonyl (C=O) groups is 1. The molecule has 0 radical (unpaired) electrons. The Morgan fingerprint density at radius 3 is 3.10 bits per heavy atom. The van der Waals surface area contributed by atoms with E-state index in [9.17, 15) is 4.79 Å². The van der Waals surface area contributed by atoms with Gasteiger partial charge in [-0.3, -0.25) is 4.90 Å². The first-order valence-corrected chi connectivity index (χ1v) is 7.96. The number of rotatable bonds is 3. The lowest BCUT2D eigenvalue weighted by Gasteiger charge is -2.31. The van der Waals surface area contributed by atoms with E-state index in [1.165, 1.54) is 11.8 Å². The third-order valence-corrected chi connectivity index (χ3v) is 5.28. The monoisotopic (exact) mass is 325 g/mol. The fourth-order valence-electron chi connectivity index (χ4n) is 2.49. The summed E-state index contributed by atoms with van der Waals surface area (Å²) in [6.07, 6.45) is -0.503. The predicted octanol–water partition coefficient (Wildman–Crippen LogP) is 2.93. The minimum absolute atomic E-state index is 0.317. The van der Waals surface area contributed by atoms with E-state index < -0.39 is 6.10 Å². The Labute approximate surface area is 132 Å². The van der Waals surface area contributed by atoms with Crippen LogP contribution in [0, 0.1) is 0 Å². The van der Waals surface area contributed by atoms with Gasteiger partial charge in [0.15, 0.2) is 6.10 Å². The molecule has 2 heterocycles. The first-order valence-electron chi connectivity index (χ1n) is 6.76. The predicted molar refractivity (Wildman–Crippen MR) is 83.9 cm³/mol. The quantitative estimate of drug-likeness (QED) is 0.813. The molecule has 1 aliphatic rings. The van der Waals surface area contributed by atoms with Crippen LogP contribution in [0.1, 0.15) is 4.88 Å². The molecule has 6 heteroatoms. The van der Waals surface area contributed by atoms with E-state index in [0.29, 0.717) is 13.2 Å². The van der Waals surface area contributed by atoms with Gasteiger partial charge in [-0.1, -0.05) is 29.8 Å². The number of carbonyl (C=O) groups excluding carboxylic acids is 1. The molecule has 0 N–H and O–H groups in total. The first-order chi connectivity index (χ1) is 10.2. The highest BCUT2D eigenvalue weighted by molar-refractivity contribution is 7.19. The van der Waals surface area contributed by atoms with Crippen molar-refractivity contribution >= 4 is 39.0 Å². The lowest BCUT2D eigenvalue weighted by molar-refractivity contribution is -0.159. The van der Waals surface area contributed by atoms with Gasteiger partial charge in [0.25, 0.3) is 0 Å². The largest absolute Gasteiger partial charge is 0.467 e. The summed E-state index contributed by atoms with van der Waals surface area (Å²) in [6.45, 7) is 2.59. The molecule has 0 amide bonds. The van der Waals surface area contributed by atoms with E-state index in [-0.39, 0.29) is 5.97 Å². The van der Waals surface area contributed by atoms with Crippen LogP contribution >= 0.6 is 22.9 Å². The second-order valence-corrected chi connectivity index (χ2v) is 6.47. The summed E-state index contributed by atoms with van der Waals surface area (Å²) >= 11 is 8.17. The number of esters is 1. The Morgan fingerprint density at radius 1 is 1.52 bits per heavy atom. The summed E-state index contributed by atoms with van der Waals surface area (Å²) in [4.78, 5) is 14.9. The highest BCUT2D eigenvalue weighted by Gasteiger charge is 2.28. The number of halogens is 1. The van der Waals surface area contributed by atoms with E-state index in [1.54, 1.807) is 11.3 Å². The summed E-state index contributed by atoms with van der Waals surface area (Å²) in [5.74, 6) is -0.317. The molecule has 4 nitrogen and oxygen atoms in total. The van der Waals surface area contributed by atoms with Crippen LogP contribution < -0.4 is 0 Å². The summed E-state index contributed by atoms with van der Waals surface area (Å²) in [6, 6.07) is 8.12. The third kappa shape index (κ3) is 3.06. The fourth-order valence-corrected chi connectivity index (χ4v) is 4.02. The van der Waals surface area contributed by atoms with Gasteiger partial charge >= 0.3 is 5.97 Å². The summed E-state index contributed by atoms with van der Waals surface area (Å²) in [7, 11) is 1.38. The van der Waals surface area contributed by atoms with Crippen LogP contribution in [-0.2, 0) is 20.8 Å². The minimum Gasteiger partial charge on any atom is -0.467 e. The number of benzene rings is 1. The Morgan fingerprint density at radius 2 is 2.33 bits per heavy atom. The van der Waals surface area contributed by atoms with Gasteiger partial charge in [0, 0.05) is 34.6 Å². The van der Waals surface area contributed by atoms with Crippen molar-refractivity contribution in [3.05, 3.63) is 34.2 Å². The van der Waals surface area contributed by atoms with Gasteiger partial charge in [-0.2, -0.15) is 0 Å². The average Bonchev–Trinajstić information content (AvgIpc) is 2.83. The van der Waals surface area contributed by atoms with E-state index in [2.05, 4.69) is 11.0 Å². The maximum absolute atomic E-state index is 11.6. The van der Waals surface area contributed by atoms with Gasteiger partial charge in [0.1, 0.15) is 0 Å². The van der Waals surface area contributed by atoms with E-state index in [4.69, 9.17) is 21.1 Å². The molecule has 1 fully saturated rings. The van der Waals surface area contributed by atoms with Crippen molar-refractivity contribution in [3.8, 4) is 0 Å². The molecule has 112 valence electrons. The van der Waals surface area contributed by atoms with Crippen LogP contribution in [0.3, 0.4) is 0 Å². The molecule has 1 aliphatic heterocycles. The number of hydrogen-bond acceptors (Lipinski definition) is 5. The number of morpholine rings is 1. The Bertz CT molecular complexity index is 657. The molecular weight excluding hydrogens is 310 g/mol. The lowest BCUT2D eigenvalue weighted by Crippen LogP contribution is -2.45. The van der Waals surface area contributed by atoms with Crippen LogP contribution in [0.4, 0.5) is 0 Å². The van der Waals surface area contributed by atoms with Crippen LogP contribution in [0.25, 0.3) is 10.1 Å². The molecule has 21 heavy (non-hydrogen) atoms. The van der Waals surface area contributed by atoms with Gasteiger partial charge in [-0.05, 0) is 6.07 Å². The first kappa shape index (κ1) is 14.8. The smallest absolute Gasteiger partial charge is 0.336 e. The standard InChI is InChI=1S/C15H16ClNO3S/c1-19-15(18)11-8-17(6-7-20-11)9-13-14(16)10-4-2-3-5-12(10)21-13/h2-5,11H,6-9H2,1H3. The van der Waals surface area contributed by atoms with Gasteiger partial charge in [0.2, 0.25) is 0 Å². The van der Waals surface area contributed by atoms with Crippen molar-refractivity contribution in [2.24, 2.45) is 0 Å². The topological polar surface area (TPSA) is 38.8 Å². The second kappa shape index (κ2) is 6.32. The molecule has 2 aromatic rings. The van der Waals surface area contributed by atoms with Crippen molar-refractivity contribution in [3.63, 3.8) is 0 Å². The normalized spacial score (nSPS) is 19.8. The molecule has 0 bridgehead atoms. The minimum atomic E-state index is -0.503. The molecule has 1 aromatic carbocycles. The highest BCUT2D eigenvalue weighted by Crippen LogP contribution is 2.36. The van der Waals surface area contributed by atoms with Crippen molar-refractivity contribution < 1.29 is 14.3 Å². The summed E-state index contributed by atoms with van der Waals surface area (Å²) < 4.78 is 11.4. The van der Waals surface area contributed by atoms with E-state index in [0.717, 1.165) is 28.4 Å². The molecule has 1 aromatic heterocycles. The van der Waals surface area contributed by atoms with Gasteiger partial charge < -0.3 is 9.47 Å². The molecule has 1 saturated heterocycles. The Hall–Kier alpha value is -1.14. The Kier molecular flexibility index (Phi) is 4.45. The number of fused-ring (bicyclic) bond motifs is 1. The third-order valence-electron chi connectivity index (χ3n) is 3.58. The van der Waals surface area contributed by atoms with Crippen LogP contribution in [0.2, 0.25) is 5.02 Å². The Balaban J connectivity index is 1.75. The zero-order valence-corrected chi connectivity index (χ0v) is 13.2. The molecule has 1 unspecified atom stereocenters. The SMILES string of the molecule is COC(=O)C1CN(Cc2sc3ccccc3c2Cl)CCO1. The number of methoxy groups -OCH3 is 1. The fraction of sp³-hybridized carbons (Fsp3) is 0.400. The zero-order valence-electron chi connectivity index (χ0n) is 11.7. The van der Waals surface area contributed by atoms with Crippen molar-refractivity contribution in [2.45, 2.75) is 12.6 Å². The van der Waals surface area contributed by atoms with Crippen LogP contribution in [0.15, 0.2) is 24.3 Å².